The zero-order valence-corrected chi connectivity index (χ0v) is 16.7. The molecule has 0 spiro atoms. The fourth-order valence-electron chi connectivity index (χ4n) is 4.16. The zero-order valence-electron chi connectivity index (χ0n) is 16.7. The second-order valence-corrected chi connectivity index (χ2v) is 7.39. The Morgan fingerprint density at radius 2 is 1.17 bits per heavy atom. The van der Waals surface area contributed by atoms with E-state index in [0.717, 1.165) is 37.2 Å². The van der Waals surface area contributed by atoms with E-state index in [1.165, 1.54) is 16.7 Å². The number of unbranched alkanes of at least 4 members (excludes halogenated alkanes) is 2. The maximum absolute atomic E-state index is 5.11. The second kappa shape index (κ2) is 8.91. The van der Waals surface area contributed by atoms with Crippen LogP contribution >= 0.6 is 0 Å². The Morgan fingerprint density at radius 3 is 1.62 bits per heavy atom. The van der Waals surface area contributed by atoms with Crippen molar-refractivity contribution in [1.82, 2.24) is 9.97 Å². The van der Waals surface area contributed by atoms with E-state index in [1.807, 2.05) is 0 Å². The summed E-state index contributed by atoms with van der Waals surface area (Å²) in [5.74, 6) is 1.04. The number of nitrogens with zero attached hydrogens (tertiary/aromatic N) is 1. The van der Waals surface area contributed by atoms with Crippen LogP contribution in [0.3, 0.4) is 0 Å². The average molecular weight is 380 g/mol. The molecule has 145 valence electrons. The van der Waals surface area contributed by atoms with Gasteiger partial charge in [-0.2, -0.15) is 0 Å². The summed E-state index contributed by atoms with van der Waals surface area (Å²) in [6.45, 7) is 3.95. The molecule has 1 heterocycles. The number of hydrogen-bond donors (Lipinski definition) is 1. The molecule has 0 saturated carbocycles. The number of rotatable bonds is 8. The largest absolute Gasteiger partial charge is 0.348 e. The van der Waals surface area contributed by atoms with Crippen LogP contribution in [0.15, 0.2) is 97.2 Å². The van der Waals surface area contributed by atoms with Crippen molar-refractivity contribution < 1.29 is 0 Å². The molecule has 0 saturated heterocycles. The van der Waals surface area contributed by atoms with E-state index in [9.17, 15) is 0 Å². The minimum Gasteiger partial charge on any atom is -0.348 e. The van der Waals surface area contributed by atoms with Gasteiger partial charge in [-0.15, -0.1) is 0 Å². The summed E-state index contributed by atoms with van der Waals surface area (Å²) in [5.41, 5.74) is 4.21. The second-order valence-electron chi connectivity index (χ2n) is 7.39. The van der Waals surface area contributed by atoms with E-state index in [4.69, 9.17) is 4.98 Å². The van der Waals surface area contributed by atoms with Crippen LogP contribution in [-0.2, 0) is 11.8 Å². The summed E-state index contributed by atoms with van der Waals surface area (Å²) in [4.78, 5) is 8.56. The van der Waals surface area contributed by atoms with Crippen LogP contribution in [0.4, 0.5) is 0 Å². The molecular weight excluding hydrogens is 352 g/mol. The van der Waals surface area contributed by atoms with Crippen molar-refractivity contribution in [2.75, 3.05) is 0 Å². The van der Waals surface area contributed by atoms with Crippen LogP contribution in [0.25, 0.3) is 0 Å². The Hall–Kier alpha value is -3.13. The van der Waals surface area contributed by atoms with Crippen LogP contribution in [-0.4, -0.2) is 9.97 Å². The van der Waals surface area contributed by atoms with Gasteiger partial charge in [0, 0.05) is 12.6 Å². The molecule has 0 unspecified atom stereocenters. The quantitative estimate of drug-likeness (QED) is 0.281. The van der Waals surface area contributed by atoms with Gasteiger partial charge in [-0.3, -0.25) is 0 Å². The Labute approximate surface area is 173 Å². The van der Waals surface area contributed by atoms with Crippen molar-refractivity contribution in [3.63, 3.8) is 0 Å². The first kappa shape index (κ1) is 19.2. The Morgan fingerprint density at radius 1 is 0.690 bits per heavy atom. The van der Waals surface area contributed by atoms with Crippen LogP contribution in [0.2, 0.25) is 0 Å². The van der Waals surface area contributed by atoms with Gasteiger partial charge < -0.3 is 4.98 Å². The summed E-state index contributed by atoms with van der Waals surface area (Å²) < 4.78 is 0. The number of nitrogens with one attached hydrogen (secondary N) is 1. The summed E-state index contributed by atoms with van der Waals surface area (Å²) >= 11 is 0. The lowest BCUT2D eigenvalue weighted by atomic mass is 9.67. The van der Waals surface area contributed by atoms with E-state index in [-0.39, 0.29) is 0 Å². The van der Waals surface area contributed by atoms with Gasteiger partial charge in [0.25, 0.3) is 0 Å². The molecule has 29 heavy (non-hydrogen) atoms. The highest BCUT2D eigenvalue weighted by molar-refractivity contribution is 5.57. The van der Waals surface area contributed by atoms with Crippen molar-refractivity contribution >= 4 is 0 Å². The van der Waals surface area contributed by atoms with Crippen molar-refractivity contribution in [3.8, 4) is 0 Å². The third-order valence-electron chi connectivity index (χ3n) is 5.55. The van der Waals surface area contributed by atoms with E-state index in [0.29, 0.717) is 0 Å². The van der Waals surface area contributed by atoms with Gasteiger partial charge in [0.1, 0.15) is 5.82 Å². The lowest BCUT2D eigenvalue weighted by Gasteiger charge is -2.34. The number of aromatic nitrogens is 2. The summed E-state index contributed by atoms with van der Waals surface area (Å²) in [6.07, 6.45) is 6.23. The SMILES string of the molecule is [CH2]CCCCc1nc(C(c2ccccc2)(c2ccccc2)c2ccccc2)c[nH]1. The molecule has 0 atom stereocenters. The number of imidazole rings is 1. The first-order valence-electron chi connectivity index (χ1n) is 10.4. The molecule has 1 N–H and O–H groups in total. The molecule has 2 nitrogen and oxygen atoms in total. The first-order valence-corrected chi connectivity index (χ1v) is 10.4. The molecule has 1 radical (unpaired) electrons. The Kier molecular flexibility index (Phi) is 5.90. The van der Waals surface area contributed by atoms with E-state index in [1.54, 1.807) is 0 Å². The maximum atomic E-state index is 5.11. The van der Waals surface area contributed by atoms with Crippen molar-refractivity contribution in [3.05, 3.63) is 132 Å². The first-order chi connectivity index (χ1) is 14.4. The molecule has 2 heteroatoms. The van der Waals surface area contributed by atoms with Gasteiger partial charge >= 0.3 is 0 Å². The third-order valence-corrected chi connectivity index (χ3v) is 5.55. The molecule has 0 fully saturated rings. The molecule has 4 aromatic rings. The standard InChI is InChI=1S/C27H27N2/c1-2-3-7-20-26-28-21-25(29-26)27(22-14-8-4-9-15-22,23-16-10-5-11-17-23)24-18-12-6-13-19-24/h4-6,8-19,21H,1-3,7,20H2,(H,28,29). The van der Waals surface area contributed by atoms with Crippen LogP contribution in [0.5, 0.6) is 0 Å². The van der Waals surface area contributed by atoms with Gasteiger partial charge in [0.15, 0.2) is 0 Å². The lowest BCUT2D eigenvalue weighted by Crippen LogP contribution is -2.31. The zero-order chi connectivity index (χ0) is 19.9. The minimum atomic E-state index is -0.467. The van der Waals surface area contributed by atoms with E-state index < -0.39 is 5.41 Å². The third kappa shape index (κ3) is 3.75. The van der Waals surface area contributed by atoms with Gasteiger partial charge in [0.2, 0.25) is 0 Å². The molecule has 3 aromatic carbocycles. The van der Waals surface area contributed by atoms with Gasteiger partial charge in [0.05, 0.1) is 11.1 Å². The van der Waals surface area contributed by atoms with Crippen molar-refractivity contribution in [2.45, 2.75) is 31.1 Å². The average Bonchev–Trinajstić information content (AvgIpc) is 3.26. The van der Waals surface area contributed by atoms with Crippen LogP contribution < -0.4 is 0 Å². The number of H-pyrrole nitrogens is 1. The highest BCUT2D eigenvalue weighted by atomic mass is 14.9. The summed E-state index contributed by atoms with van der Waals surface area (Å²) in [6, 6.07) is 32.1. The number of aromatic amines is 1. The fourth-order valence-corrected chi connectivity index (χ4v) is 4.16. The van der Waals surface area contributed by atoms with Gasteiger partial charge in [-0.25, -0.2) is 4.98 Å². The number of hydrogen-bond acceptors (Lipinski definition) is 1. The Bertz CT molecular complexity index is 907. The predicted molar refractivity (Wildman–Crippen MR) is 120 cm³/mol. The van der Waals surface area contributed by atoms with Crippen molar-refractivity contribution in [2.24, 2.45) is 0 Å². The number of benzene rings is 3. The van der Waals surface area contributed by atoms with E-state index >= 15 is 0 Å². The number of aryl methyl sites for hydroxylation is 1. The highest BCUT2D eigenvalue weighted by Gasteiger charge is 2.40. The molecule has 0 amide bonds. The fraction of sp³-hybridized carbons (Fsp3) is 0.185. The normalized spacial score (nSPS) is 11.5. The lowest BCUT2D eigenvalue weighted by molar-refractivity contribution is 0.698. The summed E-state index contributed by atoms with van der Waals surface area (Å²) in [7, 11) is 0. The molecular formula is C27H27N2. The maximum Gasteiger partial charge on any atom is 0.106 e. The molecule has 0 aliphatic heterocycles. The van der Waals surface area contributed by atoms with Crippen molar-refractivity contribution in [1.29, 1.82) is 0 Å². The monoisotopic (exact) mass is 379 g/mol. The minimum absolute atomic E-state index is 0.467. The molecule has 1 aromatic heterocycles. The van der Waals surface area contributed by atoms with E-state index in [2.05, 4.69) is 109 Å². The molecule has 0 aliphatic rings. The highest BCUT2D eigenvalue weighted by Crippen LogP contribution is 2.44. The smallest absolute Gasteiger partial charge is 0.106 e. The van der Waals surface area contributed by atoms with Crippen LogP contribution in [0.1, 0.15) is 47.5 Å². The topological polar surface area (TPSA) is 28.7 Å². The van der Waals surface area contributed by atoms with Gasteiger partial charge in [-0.05, 0) is 23.1 Å². The van der Waals surface area contributed by atoms with Gasteiger partial charge in [-0.1, -0.05) is 111 Å². The van der Waals surface area contributed by atoms with Crippen LogP contribution in [0, 0.1) is 6.92 Å². The summed E-state index contributed by atoms with van der Waals surface area (Å²) in [5, 5.41) is 0. The molecule has 0 bridgehead atoms. The molecule has 0 aliphatic carbocycles. The predicted octanol–water partition coefficient (Wildman–Crippen LogP) is 6.34. The Balaban J connectivity index is 1.94. The molecule has 4 rings (SSSR count).